The van der Waals surface area contributed by atoms with Crippen molar-refractivity contribution in [1.29, 1.82) is 0 Å². The first-order valence-corrected chi connectivity index (χ1v) is 5.93. The molecule has 13 heavy (non-hydrogen) atoms. The summed E-state index contributed by atoms with van der Waals surface area (Å²) in [5, 5.41) is 10.5. The first-order valence-electron chi connectivity index (χ1n) is 5.93. The minimum absolute atomic E-state index is 0.261. The van der Waals surface area contributed by atoms with E-state index in [2.05, 4.69) is 6.92 Å². The normalized spacial score (nSPS) is 42.5. The molecule has 0 aromatic rings. The Labute approximate surface area is 81.5 Å². The van der Waals surface area contributed by atoms with Gasteiger partial charge in [0.2, 0.25) is 0 Å². The maximum absolute atomic E-state index is 10.5. The van der Waals surface area contributed by atoms with Crippen LogP contribution < -0.4 is 0 Å². The van der Waals surface area contributed by atoms with Crippen LogP contribution in [-0.4, -0.2) is 10.7 Å². The first-order chi connectivity index (χ1) is 6.21. The van der Waals surface area contributed by atoms with Gasteiger partial charge in [-0.2, -0.15) is 0 Å². The van der Waals surface area contributed by atoms with Crippen LogP contribution in [0.15, 0.2) is 0 Å². The van der Waals surface area contributed by atoms with Crippen molar-refractivity contribution < 1.29 is 5.11 Å². The SMILES string of the molecule is CC1CCC(O)(C2CCCC2)CC1. The number of hydrogen-bond acceptors (Lipinski definition) is 1. The predicted octanol–water partition coefficient (Wildman–Crippen LogP) is 3.12. The highest BCUT2D eigenvalue weighted by Gasteiger charge is 2.40. The van der Waals surface area contributed by atoms with Crippen molar-refractivity contribution in [1.82, 2.24) is 0 Å². The second-order valence-corrected chi connectivity index (χ2v) is 5.27. The third kappa shape index (κ3) is 1.90. The van der Waals surface area contributed by atoms with Crippen LogP contribution in [0.3, 0.4) is 0 Å². The van der Waals surface area contributed by atoms with Crippen molar-refractivity contribution in [2.75, 3.05) is 0 Å². The Morgan fingerprint density at radius 1 is 1.00 bits per heavy atom. The molecular weight excluding hydrogens is 160 g/mol. The van der Waals surface area contributed by atoms with Gasteiger partial charge in [0, 0.05) is 0 Å². The molecule has 0 aliphatic heterocycles. The molecule has 0 atom stereocenters. The van der Waals surface area contributed by atoms with Gasteiger partial charge in [-0.15, -0.1) is 0 Å². The highest BCUT2D eigenvalue weighted by atomic mass is 16.3. The monoisotopic (exact) mass is 182 g/mol. The van der Waals surface area contributed by atoms with Crippen LogP contribution in [0.2, 0.25) is 0 Å². The van der Waals surface area contributed by atoms with Gasteiger partial charge in [-0.1, -0.05) is 19.8 Å². The summed E-state index contributed by atoms with van der Waals surface area (Å²) in [5.41, 5.74) is -0.261. The Balaban J connectivity index is 1.95. The van der Waals surface area contributed by atoms with Crippen molar-refractivity contribution in [3.63, 3.8) is 0 Å². The van der Waals surface area contributed by atoms with Crippen molar-refractivity contribution in [2.24, 2.45) is 11.8 Å². The van der Waals surface area contributed by atoms with E-state index in [1.807, 2.05) is 0 Å². The zero-order valence-electron chi connectivity index (χ0n) is 8.76. The third-order valence-corrected chi connectivity index (χ3v) is 4.26. The summed E-state index contributed by atoms with van der Waals surface area (Å²) >= 11 is 0. The van der Waals surface area contributed by atoms with Gasteiger partial charge in [-0.05, 0) is 50.4 Å². The Morgan fingerprint density at radius 3 is 2.08 bits per heavy atom. The summed E-state index contributed by atoms with van der Waals surface area (Å²) in [6, 6.07) is 0. The van der Waals surface area contributed by atoms with E-state index in [4.69, 9.17) is 0 Å². The lowest BCUT2D eigenvalue weighted by Gasteiger charge is -2.39. The van der Waals surface area contributed by atoms with Gasteiger partial charge in [0.1, 0.15) is 0 Å². The lowest BCUT2D eigenvalue weighted by Crippen LogP contribution is -2.40. The van der Waals surface area contributed by atoms with Crippen LogP contribution in [-0.2, 0) is 0 Å². The minimum Gasteiger partial charge on any atom is -0.390 e. The fourth-order valence-corrected chi connectivity index (χ4v) is 3.13. The topological polar surface area (TPSA) is 20.2 Å². The second-order valence-electron chi connectivity index (χ2n) is 5.27. The van der Waals surface area contributed by atoms with Crippen LogP contribution in [0.1, 0.15) is 58.3 Å². The van der Waals surface area contributed by atoms with Crippen molar-refractivity contribution in [3.8, 4) is 0 Å². The van der Waals surface area contributed by atoms with Crippen LogP contribution in [0.4, 0.5) is 0 Å². The molecule has 0 heterocycles. The molecule has 1 heteroatoms. The van der Waals surface area contributed by atoms with E-state index in [1.54, 1.807) is 0 Å². The largest absolute Gasteiger partial charge is 0.390 e. The molecule has 2 aliphatic rings. The van der Waals surface area contributed by atoms with Crippen LogP contribution in [0.25, 0.3) is 0 Å². The van der Waals surface area contributed by atoms with Gasteiger partial charge in [0.05, 0.1) is 5.60 Å². The lowest BCUT2D eigenvalue weighted by molar-refractivity contribution is -0.0556. The number of aliphatic hydroxyl groups is 1. The number of rotatable bonds is 1. The molecule has 0 radical (unpaired) electrons. The van der Waals surface area contributed by atoms with Crippen LogP contribution >= 0.6 is 0 Å². The molecule has 0 amide bonds. The summed E-state index contributed by atoms with van der Waals surface area (Å²) in [4.78, 5) is 0. The average Bonchev–Trinajstić information content (AvgIpc) is 2.63. The quantitative estimate of drug-likeness (QED) is 0.660. The Hall–Kier alpha value is -0.0400. The van der Waals surface area contributed by atoms with E-state index >= 15 is 0 Å². The Bertz CT molecular complexity index is 162. The molecule has 1 nitrogen and oxygen atoms in total. The summed E-state index contributed by atoms with van der Waals surface area (Å²) in [5.74, 6) is 1.49. The van der Waals surface area contributed by atoms with Gasteiger partial charge in [-0.3, -0.25) is 0 Å². The summed E-state index contributed by atoms with van der Waals surface area (Å²) in [7, 11) is 0. The second kappa shape index (κ2) is 3.61. The van der Waals surface area contributed by atoms with E-state index in [0.29, 0.717) is 5.92 Å². The molecule has 0 unspecified atom stereocenters. The molecule has 0 aromatic carbocycles. The van der Waals surface area contributed by atoms with E-state index in [9.17, 15) is 5.11 Å². The van der Waals surface area contributed by atoms with Crippen molar-refractivity contribution in [3.05, 3.63) is 0 Å². The predicted molar refractivity (Wildman–Crippen MR) is 54.5 cm³/mol. The highest BCUT2D eigenvalue weighted by Crippen LogP contribution is 2.43. The molecule has 76 valence electrons. The molecule has 2 rings (SSSR count). The zero-order chi connectivity index (χ0) is 9.31. The molecule has 0 bridgehead atoms. The van der Waals surface area contributed by atoms with Gasteiger partial charge in [0.15, 0.2) is 0 Å². The van der Waals surface area contributed by atoms with Gasteiger partial charge in [-0.25, -0.2) is 0 Å². The summed E-state index contributed by atoms with van der Waals surface area (Å²) in [6.07, 6.45) is 9.89. The Morgan fingerprint density at radius 2 is 1.54 bits per heavy atom. The maximum Gasteiger partial charge on any atom is 0.0676 e. The lowest BCUT2D eigenvalue weighted by atomic mass is 9.72. The minimum atomic E-state index is -0.261. The van der Waals surface area contributed by atoms with Crippen LogP contribution in [0.5, 0.6) is 0 Å². The first kappa shape index (κ1) is 9.51. The highest BCUT2D eigenvalue weighted by molar-refractivity contribution is 4.92. The molecule has 2 fully saturated rings. The van der Waals surface area contributed by atoms with E-state index in [-0.39, 0.29) is 5.60 Å². The summed E-state index contributed by atoms with van der Waals surface area (Å²) < 4.78 is 0. The van der Waals surface area contributed by atoms with Gasteiger partial charge < -0.3 is 5.11 Å². The van der Waals surface area contributed by atoms with Crippen molar-refractivity contribution >= 4 is 0 Å². The standard InChI is InChI=1S/C12H22O/c1-10-6-8-12(13,9-7-10)11-4-2-3-5-11/h10-11,13H,2-9H2,1H3. The smallest absolute Gasteiger partial charge is 0.0676 e. The van der Waals surface area contributed by atoms with Gasteiger partial charge in [0.25, 0.3) is 0 Å². The fraction of sp³-hybridized carbons (Fsp3) is 1.00. The average molecular weight is 182 g/mol. The van der Waals surface area contributed by atoms with Gasteiger partial charge >= 0.3 is 0 Å². The van der Waals surface area contributed by atoms with E-state index in [1.165, 1.54) is 38.5 Å². The number of hydrogen-bond donors (Lipinski definition) is 1. The molecule has 0 aromatic heterocycles. The molecule has 2 saturated carbocycles. The van der Waals surface area contributed by atoms with E-state index in [0.717, 1.165) is 18.8 Å². The Kier molecular flexibility index (Phi) is 2.64. The molecule has 0 saturated heterocycles. The zero-order valence-corrected chi connectivity index (χ0v) is 8.76. The maximum atomic E-state index is 10.5. The molecule has 1 N–H and O–H groups in total. The fourth-order valence-electron chi connectivity index (χ4n) is 3.13. The molecule has 2 aliphatic carbocycles. The molecular formula is C12H22O. The summed E-state index contributed by atoms with van der Waals surface area (Å²) in [6.45, 7) is 2.31. The third-order valence-electron chi connectivity index (χ3n) is 4.26. The molecule has 0 spiro atoms. The van der Waals surface area contributed by atoms with Crippen LogP contribution in [0, 0.1) is 11.8 Å². The van der Waals surface area contributed by atoms with E-state index < -0.39 is 0 Å². The van der Waals surface area contributed by atoms with Crippen molar-refractivity contribution in [2.45, 2.75) is 63.9 Å².